The zero-order valence-electron chi connectivity index (χ0n) is 30.1. The van der Waals surface area contributed by atoms with Crippen LogP contribution in [-0.2, 0) is 30.2 Å². The van der Waals surface area contributed by atoms with Crippen molar-refractivity contribution < 1.29 is 55.2 Å². The van der Waals surface area contributed by atoms with Crippen LogP contribution in [0.15, 0.2) is 54.9 Å². The molecule has 1 N–H and O–H groups in total. The number of carboxylic acids is 1. The maximum Gasteiger partial charge on any atom is 0.416 e. The van der Waals surface area contributed by atoms with Crippen molar-refractivity contribution >= 4 is 11.9 Å². The molecular formula is C38H41F6N3O6. The maximum atomic E-state index is 13.9. The first-order valence-corrected chi connectivity index (χ1v) is 16.7. The largest absolute Gasteiger partial charge is 0.493 e. The minimum atomic E-state index is -5.05. The summed E-state index contributed by atoms with van der Waals surface area (Å²) in [6.45, 7) is 7.71. The van der Waals surface area contributed by atoms with E-state index in [-0.39, 0.29) is 55.2 Å². The van der Waals surface area contributed by atoms with Crippen LogP contribution in [0.25, 0.3) is 11.1 Å². The van der Waals surface area contributed by atoms with Crippen LogP contribution in [0.5, 0.6) is 23.0 Å². The van der Waals surface area contributed by atoms with Crippen molar-refractivity contribution in [2.45, 2.75) is 71.9 Å². The highest BCUT2D eigenvalue weighted by Crippen LogP contribution is 2.43. The molecule has 0 saturated heterocycles. The summed E-state index contributed by atoms with van der Waals surface area (Å²) in [4.78, 5) is 21.0. The van der Waals surface area contributed by atoms with Gasteiger partial charge in [0.15, 0.2) is 17.2 Å². The molecule has 0 aliphatic rings. The van der Waals surface area contributed by atoms with Gasteiger partial charge in [-0.05, 0) is 96.5 Å². The molecule has 9 nitrogen and oxygen atoms in total. The van der Waals surface area contributed by atoms with Gasteiger partial charge in [0.1, 0.15) is 5.75 Å². The summed E-state index contributed by atoms with van der Waals surface area (Å²) in [5, 5.41) is 8.89. The molecule has 0 aliphatic carbocycles. The average molecular weight is 750 g/mol. The Morgan fingerprint density at radius 3 is 1.94 bits per heavy atom. The Kier molecular flexibility index (Phi) is 13.1. The maximum absolute atomic E-state index is 13.9. The first kappa shape index (κ1) is 40.6. The SMILES string of the molecule is CCOc1cc(C)c(C(C)C)cc1-c1cc(OC)c(OC)cc1CN(Cc1cc(C(F)(F)F)cc(C(F)(F)F)c1)c1ncc(OCCCC(=O)O)cn1. The lowest BCUT2D eigenvalue weighted by atomic mass is 9.90. The Bertz CT molecular complexity index is 1850. The van der Waals surface area contributed by atoms with E-state index in [4.69, 9.17) is 24.1 Å². The zero-order valence-corrected chi connectivity index (χ0v) is 30.1. The van der Waals surface area contributed by atoms with Crippen molar-refractivity contribution in [3.8, 4) is 34.1 Å². The second kappa shape index (κ2) is 17.1. The molecule has 0 unspecified atom stereocenters. The lowest BCUT2D eigenvalue weighted by molar-refractivity contribution is -0.143. The molecule has 0 fully saturated rings. The number of carboxylic acid groups (broad SMARTS) is 1. The van der Waals surface area contributed by atoms with Gasteiger partial charge >= 0.3 is 18.3 Å². The van der Waals surface area contributed by atoms with E-state index in [2.05, 4.69) is 9.97 Å². The molecule has 286 valence electrons. The van der Waals surface area contributed by atoms with Gasteiger partial charge in [-0.2, -0.15) is 26.3 Å². The summed E-state index contributed by atoms with van der Waals surface area (Å²) >= 11 is 0. The number of hydrogen-bond acceptors (Lipinski definition) is 8. The van der Waals surface area contributed by atoms with Crippen LogP contribution in [0.2, 0.25) is 0 Å². The van der Waals surface area contributed by atoms with E-state index in [1.807, 2.05) is 39.8 Å². The number of aryl methyl sites for hydroxylation is 1. The predicted octanol–water partition coefficient (Wildman–Crippen LogP) is 9.48. The Labute approximate surface area is 303 Å². The van der Waals surface area contributed by atoms with Crippen molar-refractivity contribution in [1.29, 1.82) is 0 Å². The summed E-state index contributed by atoms with van der Waals surface area (Å²) in [5.74, 6) is 0.547. The molecule has 0 spiro atoms. The van der Waals surface area contributed by atoms with Crippen LogP contribution in [0.3, 0.4) is 0 Å². The summed E-state index contributed by atoms with van der Waals surface area (Å²) in [6.07, 6.45) is -7.43. The number of anilines is 1. The number of methoxy groups -OCH3 is 2. The van der Waals surface area contributed by atoms with Crippen molar-refractivity contribution in [3.05, 3.63) is 88.2 Å². The molecule has 0 atom stereocenters. The van der Waals surface area contributed by atoms with Crippen LogP contribution in [0.1, 0.15) is 72.9 Å². The fourth-order valence-corrected chi connectivity index (χ4v) is 5.80. The summed E-state index contributed by atoms with van der Waals surface area (Å²) in [5.41, 5.74) is 0.663. The first-order chi connectivity index (χ1) is 24.9. The zero-order chi connectivity index (χ0) is 39.1. The number of benzene rings is 3. The molecule has 53 heavy (non-hydrogen) atoms. The molecule has 0 aliphatic heterocycles. The third-order valence-corrected chi connectivity index (χ3v) is 8.27. The van der Waals surface area contributed by atoms with E-state index in [1.54, 1.807) is 12.1 Å². The monoisotopic (exact) mass is 749 g/mol. The molecule has 1 heterocycles. The number of hydrogen-bond donors (Lipinski definition) is 1. The van der Waals surface area contributed by atoms with Gasteiger partial charge < -0.3 is 29.0 Å². The van der Waals surface area contributed by atoms with Crippen LogP contribution in [-0.4, -0.2) is 48.5 Å². The van der Waals surface area contributed by atoms with Gasteiger partial charge in [0.25, 0.3) is 0 Å². The highest BCUT2D eigenvalue weighted by atomic mass is 19.4. The van der Waals surface area contributed by atoms with Crippen molar-refractivity contribution in [3.63, 3.8) is 0 Å². The summed E-state index contributed by atoms with van der Waals surface area (Å²) < 4.78 is 106. The van der Waals surface area contributed by atoms with Gasteiger partial charge in [0.05, 0.1) is 51.0 Å². The van der Waals surface area contributed by atoms with Gasteiger partial charge in [0.2, 0.25) is 5.95 Å². The van der Waals surface area contributed by atoms with Crippen molar-refractivity contribution in [2.24, 2.45) is 0 Å². The third-order valence-electron chi connectivity index (χ3n) is 8.27. The fraction of sp³-hybridized carbons (Fsp3) is 0.395. The third kappa shape index (κ3) is 10.4. The Hall–Kier alpha value is -5.21. The van der Waals surface area contributed by atoms with E-state index < -0.39 is 36.0 Å². The molecular weight excluding hydrogens is 708 g/mol. The standard InChI is InChI=1S/C38H41F6N3O6/c1-7-52-32-11-23(4)29(22(2)3)16-31(32)30-17-34(51-6)33(50-5)14-25(30)21-47(36-45-18-28(19-46-36)53-10-8-9-35(48)49)20-24-12-26(37(39,40)41)15-27(13-24)38(42,43)44/h11-19,22H,7-10,20-21H2,1-6H3,(H,48,49). The van der Waals surface area contributed by atoms with Crippen LogP contribution in [0, 0.1) is 6.92 Å². The first-order valence-electron chi connectivity index (χ1n) is 16.7. The topological polar surface area (TPSA) is 103 Å². The predicted molar refractivity (Wildman–Crippen MR) is 186 cm³/mol. The minimum absolute atomic E-state index is 0.0357. The van der Waals surface area contributed by atoms with Crippen LogP contribution >= 0.6 is 0 Å². The van der Waals surface area contributed by atoms with Crippen molar-refractivity contribution in [2.75, 3.05) is 32.3 Å². The number of ether oxygens (including phenoxy) is 4. The highest BCUT2D eigenvalue weighted by molar-refractivity contribution is 5.78. The van der Waals surface area contributed by atoms with Crippen molar-refractivity contribution in [1.82, 2.24) is 9.97 Å². The second-order valence-corrected chi connectivity index (χ2v) is 12.5. The normalized spacial score (nSPS) is 11.8. The van der Waals surface area contributed by atoms with E-state index in [0.717, 1.165) is 11.1 Å². The molecule has 0 amide bonds. The van der Waals surface area contributed by atoms with Gasteiger partial charge in [-0.15, -0.1) is 0 Å². The van der Waals surface area contributed by atoms with E-state index in [9.17, 15) is 31.1 Å². The molecule has 1 aromatic heterocycles. The average Bonchev–Trinajstić information content (AvgIpc) is 3.09. The Morgan fingerprint density at radius 2 is 1.42 bits per heavy atom. The Balaban J connectivity index is 1.91. The van der Waals surface area contributed by atoms with Crippen LogP contribution < -0.4 is 23.8 Å². The number of alkyl halides is 6. The second-order valence-electron chi connectivity index (χ2n) is 12.5. The highest BCUT2D eigenvalue weighted by Gasteiger charge is 2.37. The number of aliphatic carboxylic acids is 1. The molecule has 4 aromatic rings. The van der Waals surface area contributed by atoms with Gasteiger partial charge in [-0.25, -0.2) is 9.97 Å². The molecule has 4 rings (SSSR count). The van der Waals surface area contributed by atoms with Gasteiger partial charge in [-0.3, -0.25) is 4.79 Å². The lowest BCUT2D eigenvalue weighted by Gasteiger charge is -2.27. The molecule has 0 saturated carbocycles. The van der Waals surface area contributed by atoms with E-state index >= 15 is 0 Å². The number of rotatable bonds is 16. The number of halogens is 6. The van der Waals surface area contributed by atoms with Crippen LogP contribution in [0.4, 0.5) is 32.3 Å². The van der Waals surface area contributed by atoms with E-state index in [0.29, 0.717) is 52.7 Å². The molecule has 3 aromatic carbocycles. The Morgan fingerprint density at radius 1 is 0.811 bits per heavy atom. The number of aromatic nitrogens is 2. The lowest BCUT2D eigenvalue weighted by Crippen LogP contribution is -2.25. The molecule has 15 heteroatoms. The summed E-state index contributed by atoms with van der Waals surface area (Å²) in [7, 11) is 2.91. The number of carbonyl (C=O) groups is 1. The molecule has 0 radical (unpaired) electrons. The fourth-order valence-electron chi connectivity index (χ4n) is 5.80. The minimum Gasteiger partial charge on any atom is -0.493 e. The van der Waals surface area contributed by atoms with Gasteiger partial charge in [0, 0.05) is 25.1 Å². The van der Waals surface area contributed by atoms with E-state index in [1.165, 1.54) is 31.5 Å². The summed E-state index contributed by atoms with van der Waals surface area (Å²) in [6, 6.07) is 8.75. The van der Waals surface area contributed by atoms with Gasteiger partial charge in [-0.1, -0.05) is 13.8 Å². The smallest absolute Gasteiger partial charge is 0.416 e. The molecule has 0 bridgehead atoms. The number of nitrogens with zero attached hydrogens (tertiary/aromatic N) is 3. The quantitative estimate of drug-likeness (QED) is 0.0887.